The molecule has 0 aliphatic carbocycles. The number of amides is 1. The number of benzene rings is 1. The number of halogens is 2. The lowest BCUT2D eigenvalue weighted by Gasteiger charge is -2.24. The molecule has 4 nitrogen and oxygen atoms in total. The Morgan fingerprint density at radius 2 is 2.00 bits per heavy atom. The van der Waals surface area contributed by atoms with Gasteiger partial charge in [-0.3, -0.25) is 4.79 Å². The van der Waals surface area contributed by atoms with Gasteiger partial charge >= 0.3 is 6.09 Å². The molecule has 0 spiro atoms. The van der Waals surface area contributed by atoms with E-state index < -0.39 is 23.3 Å². The number of Topliss-reactive ketones (excluding diaryl/α,β-unsaturated/α-hetero) is 1. The highest BCUT2D eigenvalue weighted by Gasteiger charge is 2.33. The van der Waals surface area contributed by atoms with Crippen LogP contribution in [-0.4, -0.2) is 35.5 Å². The molecule has 1 atom stereocenters. The van der Waals surface area contributed by atoms with Crippen LogP contribution in [-0.2, 0) is 16.0 Å². The minimum atomic E-state index is -0.983. The molecule has 1 saturated heterocycles. The van der Waals surface area contributed by atoms with Gasteiger partial charge in [0.05, 0.1) is 0 Å². The summed E-state index contributed by atoms with van der Waals surface area (Å²) in [5, 5.41) is 0. The quantitative estimate of drug-likeness (QED) is 0.856. The molecule has 1 aliphatic heterocycles. The molecule has 1 fully saturated rings. The molecule has 23 heavy (non-hydrogen) atoms. The minimum Gasteiger partial charge on any atom is -0.444 e. The first-order valence-corrected chi connectivity index (χ1v) is 7.61. The van der Waals surface area contributed by atoms with E-state index in [1.54, 1.807) is 20.8 Å². The smallest absolute Gasteiger partial charge is 0.410 e. The lowest BCUT2D eigenvalue weighted by molar-refractivity contribution is -0.121. The normalized spacial score (nSPS) is 18.1. The number of rotatable bonds is 3. The summed E-state index contributed by atoms with van der Waals surface area (Å²) in [7, 11) is 0. The van der Waals surface area contributed by atoms with E-state index in [1.807, 2.05) is 0 Å². The Kier molecular flexibility index (Phi) is 5.02. The predicted molar refractivity (Wildman–Crippen MR) is 81.0 cm³/mol. The van der Waals surface area contributed by atoms with Gasteiger partial charge in [-0.2, -0.15) is 0 Å². The van der Waals surface area contributed by atoms with Gasteiger partial charge in [0.2, 0.25) is 0 Å². The summed E-state index contributed by atoms with van der Waals surface area (Å²) < 4.78 is 32.1. The van der Waals surface area contributed by atoms with Crippen LogP contribution in [0.3, 0.4) is 0 Å². The summed E-state index contributed by atoms with van der Waals surface area (Å²) >= 11 is 0. The van der Waals surface area contributed by atoms with Crippen molar-refractivity contribution in [3.63, 3.8) is 0 Å². The largest absolute Gasteiger partial charge is 0.444 e. The minimum absolute atomic E-state index is 0.0470. The van der Waals surface area contributed by atoms with Crippen LogP contribution < -0.4 is 0 Å². The van der Waals surface area contributed by atoms with Crippen molar-refractivity contribution in [3.05, 3.63) is 35.4 Å². The average Bonchev–Trinajstić information content (AvgIpc) is 2.92. The summed E-state index contributed by atoms with van der Waals surface area (Å²) in [4.78, 5) is 25.7. The first-order chi connectivity index (χ1) is 10.7. The standard InChI is InChI=1S/C17H21F2NO3/c1-17(2,3)23-16(22)20-8-7-12(10-20)14(21)9-11-5-4-6-13(18)15(11)19/h4-6,12H,7-10H2,1-3H3. The van der Waals surface area contributed by atoms with Crippen LogP contribution in [0.15, 0.2) is 18.2 Å². The van der Waals surface area contributed by atoms with Crippen molar-refractivity contribution in [2.24, 2.45) is 5.92 Å². The van der Waals surface area contributed by atoms with Gasteiger partial charge in [0.25, 0.3) is 0 Å². The Bertz CT molecular complexity index is 610. The summed E-state index contributed by atoms with van der Waals surface area (Å²) in [6.07, 6.45) is -0.115. The van der Waals surface area contributed by atoms with Crippen LogP contribution in [0.25, 0.3) is 0 Å². The average molecular weight is 325 g/mol. The predicted octanol–water partition coefficient (Wildman–Crippen LogP) is 3.33. The number of carbonyl (C=O) groups excluding carboxylic acids is 2. The van der Waals surface area contributed by atoms with E-state index in [9.17, 15) is 18.4 Å². The van der Waals surface area contributed by atoms with E-state index in [2.05, 4.69) is 0 Å². The van der Waals surface area contributed by atoms with Crippen molar-refractivity contribution in [2.75, 3.05) is 13.1 Å². The lowest BCUT2D eigenvalue weighted by Crippen LogP contribution is -2.36. The summed E-state index contributed by atoms with van der Waals surface area (Å²) in [5.74, 6) is -2.51. The molecular weight excluding hydrogens is 304 g/mol. The molecule has 1 aromatic carbocycles. The number of nitrogens with zero attached hydrogens (tertiary/aromatic N) is 1. The Morgan fingerprint density at radius 1 is 1.30 bits per heavy atom. The van der Waals surface area contributed by atoms with Crippen LogP contribution in [0, 0.1) is 17.6 Å². The molecule has 0 N–H and O–H groups in total. The van der Waals surface area contributed by atoms with Gasteiger partial charge in [0.1, 0.15) is 11.4 Å². The summed E-state index contributed by atoms with van der Waals surface area (Å²) in [5.41, 5.74) is -0.546. The molecule has 2 rings (SSSR count). The maximum atomic E-state index is 13.6. The van der Waals surface area contributed by atoms with Crippen molar-refractivity contribution >= 4 is 11.9 Å². The van der Waals surface area contributed by atoms with Gasteiger partial charge in [-0.1, -0.05) is 12.1 Å². The van der Waals surface area contributed by atoms with Crippen molar-refractivity contribution in [1.82, 2.24) is 4.90 Å². The monoisotopic (exact) mass is 325 g/mol. The van der Waals surface area contributed by atoms with Crippen molar-refractivity contribution in [3.8, 4) is 0 Å². The van der Waals surface area contributed by atoms with Gasteiger partial charge in [-0.25, -0.2) is 13.6 Å². The fourth-order valence-electron chi connectivity index (χ4n) is 2.53. The van der Waals surface area contributed by atoms with Crippen molar-refractivity contribution < 1.29 is 23.1 Å². The molecule has 1 heterocycles. The topological polar surface area (TPSA) is 46.6 Å². The molecule has 1 aliphatic rings. The fourth-order valence-corrected chi connectivity index (χ4v) is 2.53. The van der Waals surface area contributed by atoms with Gasteiger partial charge in [-0.05, 0) is 38.8 Å². The molecule has 126 valence electrons. The molecule has 1 aromatic rings. The van der Waals surface area contributed by atoms with Gasteiger partial charge in [0.15, 0.2) is 11.6 Å². The summed E-state index contributed by atoms with van der Waals surface area (Å²) in [6, 6.07) is 3.79. The van der Waals surface area contributed by atoms with Gasteiger partial charge in [-0.15, -0.1) is 0 Å². The van der Waals surface area contributed by atoms with E-state index in [0.717, 1.165) is 6.07 Å². The zero-order valence-electron chi connectivity index (χ0n) is 13.6. The van der Waals surface area contributed by atoms with Crippen molar-refractivity contribution in [2.45, 2.75) is 39.2 Å². The first kappa shape index (κ1) is 17.4. The Morgan fingerprint density at radius 3 is 2.65 bits per heavy atom. The number of hydrogen-bond donors (Lipinski definition) is 0. The Balaban J connectivity index is 1.95. The maximum absolute atomic E-state index is 13.6. The number of ketones is 1. The zero-order chi connectivity index (χ0) is 17.2. The lowest BCUT2D eigenvalue weighted by atomic mass is 9.97. The van der Waals surface area contributed by atoms with E-state index in [0.29, 0.717) is 13.0 Å². The highest BCUT2D eigenvalue weighted by Crippen LogP contribution is 2.22. The Hall–Kier alpha value is -1.98. The number of ether oxygens (including phenoxy) is 1. The molecule has 0 radical (unpaired) electrons. The van der Waals surface area contributed by atoms with Crippen LogP contribution >= 0.6 is 0 Å². The highest BCUT2D eigenvalue weighted by atomic mass is 19.2. The molecule has 6 heteroatoms. The fraction of sp³-hybridized carbons (Fsp3) is 0.529. The highest BCUT2D eigenvalue weighted by molar-refractivity contribution is 5.84. The zero-order valence-corrected chi connectivity index (χ0v) is 13.6. The van der Waals surface area contributed by atoms with Gasteiger partial charge < -0.3 is 9.64 Å². The van der Waals surface area contributed by atoms with E-state index >= 15 is 0 Å². The van der Waals surface area contributed by atoms with Crippen LogP contribution in [0.2, 0.25) is 0 Å². The molecular formula is C17H21F2NO3. The SMILES string of the molecule is CC(C)(C)OC(=O)N1CCC(C(=O)Cc2cccc(F)c2F)C1. The summed E-state index contributed by atoms with van der Waals surface area (Å²) in [6.45, 7) is 6.00. The third-order valence-electron chi connectivity index (χ3n) is 3.69. The third-order valence-corrected chi connectivity index (χ3v) is 3.69. The molecule has 1 amide bonds. The molecule has 0 aromatic heterocycles. The third kappa shape index (κ3) is 4.50. The van der Waals surface area contributed by atoms with Crippen LogP contribution in [0.4, 0.5) is 13.6 Å². The second-order valence-electron chi connectivity index (χ2n) is 6.77. The molecule has 0 bridgehead atoms. The van der Waals surface area contributed by atoms with Crippen LogP contribution in [0.5, 0.6) is 0 Å². The molecule has 1 unspecified atom stereocenters. The second-order valence-corrected chi connectivity index (χ2v) is 6.77. The van der Waals surface area contributed by atoms with E-state index in [-0.39, 0.29) is 30.2 Å². The number of hydrogen-bond acceptors (Lipinski definition) is 3. The van der Waals surface area contributed by atoms with E-state index in [4.69, 9.17) is 4.74 Å². The number of likely N-dealkylation sites (tertiary alicyclic amines) is 1. The Labute approximate surface area is 134 Å². The van der Waals surface area contributed by atoms with Crippen LogP contribution in [0.1, 0.15) is 32.8 Å². The first-order valence-electron chi connectivity index (χ1n) is 7.61. The number of carbonyl (C=O) groups is 2. The molecule has 0 saturated carbocycles. The maximum Gasteiger partial charge on any atom is 0.410 e. The van der Waals surface area contributed by atoms with Crippen molar-refractivity contribution in [1.29, 1.82) is 0 Å². The van der Waals surface area contributed by atoms with E-state index in [1.165, 1.54) is 17.0 Å². The van der Waals surface area contributed by atoms with Gasteiger partial charge in [0, 0.05) is 25.4 Å². The second kappa shape index (κ2) is 6.64.